The second-order valence-corrected chi connectivity index (χ2v) is 5.48. The number of ether oxygens (including phenoxy) is 2. The molecule has 3 rings (SSSR count). The molecule has 0 spiro atoms. The third-order valence-corrected chi connectivity index (χ3v) is 3.81. The van der Waals surface area contributed by atoms with E-state index in [0.717, 1.165) is 5.01 Å². The lowest BCUT2D eigenvalue weighted by Gasteiger charge is -2.23. The van der Waals surface area contributed by atoms with Gasteiger partial charge in [0.05, 0.1) is 26.3 Å². The maximum atomic E-state index is 12.6. The maximum absolute atomic E-state index is 12.6. The molecular formula is C14H15N3O3S. The van der Waals surface area contributed by atoms with E-state index in [9.17, 15) is 4.79 Å². The summed E-state index contributed by atoms with van der Waals surface area (Å²) in [6, 6.07) is 5.28. The second-order valence-electron chi connectivity index (χ2n) is 4.50. The largest absolute Gasteiger partial charge is 0.348 e. The van der Waals surface area contributed by atoms with Crippen molar-refractivity contribution >= 4 is 17.2 Å². The Bertz CT molecular complexity index is 570. The number of pyridine rings is 1. The first-order valence-electron chi connectivity index (χ1n) is 6.65. The van der Waals surface area contributed by atoms with Crippen molar-refractivity contribution in [3.05, 3.63) is 46.7 Å². The lowest BCUT2D eigenvalue weighted by atomic mass is 10.3. The van der Waals surface area contributed by atoms with Crippen LogP contribution >= 0.6 is 11.3 Å². The van der Waals surface area contributed by atoms with Crippen LogP contribution in [0.1, 0.15) is 15.5 Å². The molecule has 21 heavy (non-hydrogen) atoms. The van der Waals surface area contributed by atoms with Gasteiger partial charge >= 0.3 is 0 Å². The van der Waals surface area contributed by atoms with Crippen molar-refractivity contribution in [1.82, 2.24) is 14.9 Å². The van der Waals surface area contributed by atoms with Gasteiger partial charge in [-0.3, -0.25) is 9.78 Å². The molecule has 0 N–H and O–H groups in total. The number of thiazole rings is 1. The van der Waals surface area contributed by atoms with E-state index in [1.807, 2.05) is 5.38 Å². The molecule has 2 aromatic rings. The average Bonchev–Trinajstić information content (AvgIpc) is 3.20. The number of aromatic nitrogens is 2. The fraction of sp³-hybridized carbons (Fsp3) is 0.357. The van der Waals surface area contributed by atoms with Gasteiger partial charge in [0.25, 0.3) is 5.91 Å². The maximum Gasteiger partial charge on any atom is 0.273 e. The van der Waals surface area contributed by atoms with Crippen molar-refractivity contribution in [3.63, 3.8) is 0 Å². The summed E-state index contributed by atoms with van der Waals surface area (Å²) < 4.78 is 10.9. The van der Waals surface area contributed by atoms with Crippen molar-refractivity contribution in [3.8, 4) is 0 Å². The quantitative estimate of drug-likeness (QED) is 0.838. The number of carbonyl (C=O) groups excluding carboxylic acids is 1. The van der Waals surface area contributed by atoms with Crippen LogP contribution in [0.4, 0.5) is 0 Å². The molecule has 7 heteroatoms. The Kier molecular flexibility index (Phi) is 4.54. The van der Waals surface area contributed by atoms with E-state index in [4.69, 9.17) is 9.47 Å². The summed E-state index contributed by atoms with van der Waals surface area (Å²) in [5.41, 5.74) is 0.409. The summed E-state index contributed by atoms with van der Waals surface area (Å²) >= 11 is 1.51. The molecule has 0 atom stereocenters. The summed E-state index contributed by atoms with van der Waals surface area (Å²) in [6.45, 7) is 1.92. The summed E-state index contributed by atoms with van der Waals surface area (Å²) in [5.74, 6) is -0.148. The molecule has 1 aliphatic heterocycles. The van der Waals surface area contributed by atoms with Gasteiger partial charge in [-0.25, -0.2) is 4.98 Å². The predicted octanol–water partition coefficient (Wildman–Crippen LogP) is 1.55. The van der Waals surface area contributed by atoms with Gasteiger partial charge in [-0.15, -0.1) is 11.3 Å². The Morgan fingerprint density at radius 1 is 1.29 bits per heavy atom. The number of hydrogen-bond acceptors (Lipinski definition) is 6. The Morgan fingerprint density at radius 2 is 2.14 bits per heavy atom. The normalized spacial score (nSPS) is 15.2. The summed E-state index contributed by atoms with van der Waals surface area (Å²) in [6.07, 6.45) is 2.96. The highest BCUT2D eigenvalue weighted by molar-refractivity contribution is 7.09. The van der Waals surface area contributed by atoms with Crippen LogP contribution in [0.25, 0.3) is 0 Å². The lowest BCUT2D eigenvalue weighted by Crippen LogP contribution is -2.37. The number of nitrogens with zero attached hydrogens (tertiary/aromatic N) is 3. The minimum Gasteiger partial charge on any atom is -0.348 e. The van der Waals surface area contributed by atoms with Crippen LogP contribution in [0.5, 0.6) is 0 Å². The van der Waals surface area contributed by atoms with E-state index in [1.54, 1.807) is 35.5 Å². The minimum absolute atomic E-state index is 0.148. The number of carbonyl (C=O) groups is 1. The van der Waals surface area contributed by atoms with Crippen molar-refractivity contribution < 1.29 is 14.3 Å². The molecule has 0 aromatic carbocycles. The third-order valence-electron chi connectivity index (χ3n) is 3.04. The van der Waals surface area contributed by atoms with E-state index < -0.39 is 0 Å². The zero-order chi connectivity index (χ0) is 14.5. The summed E-state index contributed by atoms with van der Waals surface area (Å²) in [4.78, 5) is 22.6. The molecule has 0 unspecified atom stereocenters. The topological polar surface area (TPSA) is 64.6 Å². The number of hydrogen-bond donors (Lipinski definition) is 0. The SMILES string of the molecule is O=C(c1ccccn1)N(Cc1nccs1)CC1OCCO1. The van der Waals surface area contributed by atoms with Gasteiger partial charge < -0.3 is 14.4 Å². The Hall–Kier alpha value is -1.83. The predicted molar refractivity (Wildman–Crippen MR) is 76.8 cm³/mol. The van der Waals surface area contributed by atoms with Gasteiger partial charge in [0, 0.05) is 17.8 Å². The zero-order valence-electron chi connectivity index (χ0n) is 11.3. The van der Waals surface area contributed by atoms with E-state index in [2.05, 4.69) is 9.97 Å². The second kappa shape index (κ2) is 6.75. The summed E-state index contributed by atoms with van der Waals surface area (Å²) in [7, 11) is 0. The van der Waals surface area contributed by atoms with E-state index in [-0.39, 0.29) is 12.2 Å². The molecule has 110 valence electrons. The van der Waals surface area contributed by atoms with Crippen LogP contribution in [-0.2, 0) is 16.0 Å². The van der Waals surface area contributed by atoms with Gasteiger partial charge in [0.1, 0.15) is 10.7 Å². The molecule has 6 nitrogen and oxygen atoms in total. The van der Waals surface area contributed by atoms with Gasteiger partial charge in [-0.1, -0.05) is 6.07 Å². The van der Waals surface area contributed by atoms with Crippen LogP contribution < -0.4 is 0 Å². The van der Waals surface area contributed by atoms with Gasteiger partial charge in [0.15, 0.2) is 6.29 Å². The van der Waals surface area contributed by atoms with Crippen molar-refractivity contribution in [1.29, 1.82) is 0 Å². The molecule has 0 aliphatic carbocycles. The highest BCUT2D eigenvalue weighted by Gasteiger charge is 2.25. The van der Waals surface area contributed by atoms with Gasteiger partial charge in [-0.05, 0) is 12.1 Å². The first kappa shape index (κ1) is 14.1. The molecule has 2 aromatic heterocycles. The third kappa shape index (κ3) is 3.63. The number of amides is 1. The fourth-order valence-corrected chi connectivity index (χ4v) is 2.69. The molecule has 1 saturated heterocycles. The zero-order valence-corrected chi connectivity index (χ0v) is 12.2. The Labute approximate surface area is 126 Å². The average molecular weight is 305 g/mol. The smallest absolute Gasteiger partial charge is 0.273 e. The van der Waals surface area contributed by atoms with Crippen LogP contribution in [0, 0.1) is 0 Å². The van der Waals surface area contributed by atoms with E-state index in [1.165, 1.54) is 11.3 Å². The van der Waals surface area contributed by atoms with E-state index in [0.29, 0.717) is 32.0 Å². The fourth-order valence-electron chi connectivity index (χ4n) is 2.06. The van der Waals surface area contributed by atoms with Crippen LogP contribution in [0.15, 0.2) is 36.0 Å². The first-order valence-corrected chi connectivity index (χ1v) is 7.53. The summed E-state index contributed by atoms with van der Waals surface area (Å²) in [5, 5.41) is 2.76. The highest BCUT2D eigenvalue weighted by atomic mass is 32.1. The van der Waals surface area contributed by atoms with Gasteiger partial charge in [-0.2, -0.15) is 0 Å². The lowest BCUT2D eigenvalue weighted by molar-refractivity contribution is -0.0585. The van der Waals surface area contributed by atoms with Gasteiger partial charge in [0.2, 0.25) is 0 Å². The standard InChI is InChI=1S/C14H15N3O3S/c18-14(11-3-1-2-4-15-11)17(9-12-16-5-8-21-12)10-13-19-6-7-20-13/h1-5,8,13H,6-7,9-10H2. The van der Waals surface area contributed by atoms with Crippen LogP contribution in [-0.4, -0.2) is 46.8 Å². The molecule has 1 amide bonds. The Morgan fingerprint density at radius 3 is 2.81 bits per heavy atom. The van der Waals surface area contributed by atoms with Crippen molar-refractivity contribution in [2.24, 2.45) is 0 Å². The van der Waals surface area contributed by atoms with Crippen LogP contribution in [0.2, 0.25) is 0 Å². The molecular weight excluding hydrogens is 290 g/mol. The monoisotopic (exact) mass is 305 g/mol. The minimum atomic E-state index is -0.377. The molecule has 1 aliphatic rings. The molecule has 0 bridgehead atoms. The van der Waals surface area contributed by atoms with E-state index >= 15 is 0 Å². The van der Waals surface area contributed by atoms with Crippen molar-refractivity contribution in [2.45, 2.75) is 12.8 Å². The first-order chi connectivity index (χ1) is 10.3. The highest BCUT2D eigenvalue weighted by Crippen LogP contribution is 2.14. The number of rotatable bonds is 5. The van der Waals surface area contributed by atoms with Crippen LogP contribution in [0.3, 0.4) is 0 Å². The van der Waals surface area contributed by atoms with Crippen molar-refractivity contribution in [2.75, 3.05) is 19.8 Å². The molecule has 0 saturated carbocycles. The molecule has 3 heterocycles. The molecule has 0 radical (unpaired) electrons. The Balaban J connectivity index is 1.75. The molecule has 1 fully saturated rings.